The van der Waals surface area contributed by atoms with Crippen molar-refractivity contribution in [2.45, 2.75) is 37.8 Å². The normalized spacial score (nSPS) is 13.1. The molecule has 7 nitrogen and oxygen atoms in total. The number of Topliss-reactive ketones (excluding diaryl/α,β-unsaturated/α-hetero) is 1. The van der Waals surface area contributed by atoms with Crippen LogP contribution in [-0.2, 0) is 22.4 Å². The van der Waals surface area contributed by atoms with Gasteiger partial charge in [-0.1, -0.05) is 48.5 Å². The van der Waals surface area contributed by atoms with Crippen LogP contribution >= 0.6 is 0 Å². The highest BCUT2D eigenvalue weighted by Gasteiger charge is 2.25. The third-order valence-corrected chi connectivity index (χ3v) is 5.89. The molecule has 0 unspecified atom stereocenters. The van der Waals surface area contributed by atoms with Crippen LogP contribution in [0.3, 0.4) is 0 Å². The lowest BCUT2D eigenvalue weighted by Crippen LogP contribution is -2.50. The third-order valence-electron chi connectivity index (χ3n) is 5.89. The quantitative estimate of drug-likeness (QED) is 0.334. The van der Waals surface area contributed by atoms with E-state index in [-0.39, 0.29) is 24.0 Å². The van der Waals surface area contributed by atoms with Crippen LogP contribution in [0.25, 0.3) is 10.9 Å². The van der Waals surface area contributed by atoms with Gasteiger partial charge in [-0.3, -0.25) is 14.6 Å². The van der Waals surface area contributed by atoms with E-state index in [9.17, 15) is 9.59 Å². The number of aryl methyl sites for hydroxylation is 1. The number of ketones is 1. The molecular formula is C26H33N5O2. The smallest absolute Gasteiger partial charge is 0.237 e. The van der Waals surface area contributed by atoms with E-state index >= 15 is 0 Å². The Bertz CT molecular complexity index is 1050. The summed E-state index contributed by atoms with van der Waals surface area (Å²) in [4.78, 5) is 30.5. The van der Waals surface area contributed by atoms with Gasteiger partial charge in [-0.05, 0) is 61.5 Å². The maximum absolute atomic E-state index is 13.2. The summed E-state index contributed by atoms with van der Waals surface area (Å²) < 4.78 is 0. The molecule has 1 amide bonds. The predicted octanol–water partition coefficient (Wildman–Crippen LogP) is 1.72. The summed E-state index contributed by atoms with van der Waals surface area (Å²) in [7, 11) is 0. The second kappa shape index (κ2) is 12.2. The summed E-state index contributed by atoms with van der Waals surface area (Å²) in [6.45, 7) is 0.728. The van der Waals surface area contributed by atoms with Crippen molar-refractivity contribution in [2.24, 2.45) is 23.1 Å². The number of para-hydroxylation sites is 1. The van der Waals surface area contributed by atoms with Crippen molar-refractivity contribution < 1.29 is 9.59 Å². The minimum absolute atomic E-state index is 0.0344. The first-order chi connectivity index (χ1) is 16.0. The number of nitrogens with two attached hydrogens (primary N) is 3. The number of hydrogen-bond acceptors (Lipinski definition) is 6. The topological polar surface area (TPSA) is 137 Å². The number of nitrogens with zero attached hydrogens (tertiary/aromatic N) is 1. The van der Waals surface area contributed by atoms with Gasteiger partial charge in [-0.15, -0.1) is 0 Å². The largest absolute Gasteiger partial charge is 0.345 e. The minimum Gasteiger partial charge on any atom is -0.345 e. The number of pyridine rings is 1. The van der Waals surface area contributed by atoms with Crippen molar-refractivity contribution >= 4 is 22.6 Å². The second-order valence-electron chi connectivity index (χ2n) is 8.44. The molecule has 0 aliphatic heterocycles. The number of amides is 1. The van der Waals surface area contributed by atoms with Gasteiger partial charge in [0.25, 0.3) is 0 Å². The second-order valence-corrected chi connectivity index (χ2v) is 8.44. The molecule has 0 fully saturated rings. The molecule has 0 radical (unpaired) electrons. The summed E-state index contributed by atoms with van der Waals surface area (Å²) in [5.41, 5.74) is 20.3. The maximum atomic E-state index is 13.2. The van der Waals surface area contributed by atoms with Gasteiger partial charge in [0, 0.05) is 18.0 Å². The molecule has 0 aliphatic rings. The van der Waals surface area contributed by atoms with Crippen molar-refractivity contribution in [1.82, 2.24) is 10.3 Å². The number of rotatable bonds is 12. The Kier molecular flexibility index (Phi) is 9.06. The zero-order chi connectivity index (χ0) is 23.6. The fourth-order valence-electron chi connectivity index (χ4n) is 3.84. The Hall–Kier alpha value is -3.13. The van der Waals surface area contributed by atoms with Gasteiger partial charge < -0.3 is 22.5 Å². The third kappa shape index (κ3) is 7.18. The maximum Gasteiger partial charge on any atom is 0.237 e. The highest BCUT2D eigenvalue weighted by molar-refractivity contribution is 5.92. The van der Waals surface area contributed by atoms with Crippen LogP contribution in [0.4, 0.5) is 0 Å². The molecule has 1 heterocycles. The van der Waals surface area contributed by atoms with E-state index < -0.39 is 12.1 Å². The molecule has 7 heteroatoms. The number of carbonyl (C=O) groups is 2. The first-order valence-electron chi connectivity index (χ1n) is 11.4. The summed E-state index contributed by atoms with van der Waals surface area (Å²) in [5, 5.41) is 3.86. The summed E-state index contributed by atoms with van der Waals surface area (Å²) >= 11 is 0. The predicted molar refractivity (Wildman–Crippen MR) is 131 cm³/mol. The van der Waals surface area contributed by atoms with Gasteiger partial charge in [0.05, 0.1) is 17.6 Å². The van der Waals surface area contributed by atoms with Gasteiger partial charge in [-0.25, -0.2) is 0 Å². The number of hydrogen-bond donors (Lipinski definition) is 4. The highest BCUT2D eigenvalue weighted by Crippen LogP contribution is 2.15. The van der Waals surface area contributed by atoms with Crippen LogP contribution in [0.2, 0.25) is 0 Å². The van der Waals surface area contributed by atoms with E-state index in [0.717, 1.165) is 22.0 Å². The minimum atomic E-state index is -0.767. The van der Waals surface area contributed by atoms with Gasteiger partial charge in [-0.2, -0.15) is 0 Å². The van der Waals surface area contributed by atoms with Gasteiger partial charge in [0.15, 0.2) is 5.78 Å². The van der Waals surface area contributed by atoms with Crippen LogP contribution in [0.1, 0.15) is 24.0 Å². The van der Waals surface area contributed by atoms with Crippen LogP contribution in [0.15, 0.2) is 66.9 Å². The molecule has 0 bridgehead atoms. The number of nitrogens with one attached hydrogen (secondary N) is 1. The summed E-state index contributed by atoms with van der Waals surface area (Å²) in [6, 6.07) is 18.2. The summed E-state index contributed by atoms with van der Waals surface area (Å²) in [6.07, 6.45) is 3.43. The van der Waals surface area contributed by atoms with E-state index in [4.69, 9.17) is 17.2 Å². The monoisotopic (exact) mass is 447 g/mol. The molecule has 1 aromatic heterocycles. The standard InChI is InChI=1S/C26H33N5O2/c27-15-20(16-28)13-22(29)26(33)31-24(11-10-18-6-2-1-3-7-18)25(32)14-19-12-21-8-4-5-9-23(21)30-17-19/h1-9,12,17,20,22,24H,10-11,13-16,27-29H2,(H,31,33)/t22-,24+/m0/s1. The Labute approximate surface area is 194 Å². The van der Waals surface area contributed by atoms with Crippen molar-refractivity contribution in [3.8, 4) is 0 Å². The summed E-state index contributed by atoms with van der Waals surface area (Å²) in [5.74, 6) is -0.462. The van der Waals surface area contributed by atoms with Crippen LogP contribution in [-0.4, -0.2) is 41.8 Å². The van der Waals surface area contributed by atoms with Gasteiger partial charge >= 0.3 is 0 Å². The zero-order valence-electron chi connectivity index (χ0n) is 18.8. The van der Waals surface area contributed by atoms with Crippen LogP contribution in [0.5, 0.6) is 0 Å². The average Bonchev–Trinajstić information content (AvgIpc) is 2.85. The van der Waals surface area contributed by atoms with Crippen molar-refractivity contribution in [3.63, 3.8) is 0 Å². The number of benzene rings is 2. The first-order valence-corrected chi connectivity index (χ1v) is 11.4. The van der Waals surface area contributed by atoms with E-state index in [1.807, 2.05) is 60.7 Å². The van der Waals surface area contributed by atoms with Crippen LogP contribution in [0, 0.1) is 5.92 Å². The van der Waals surface area contributed by atoms with E-state index in [2.05, 4.69) is 10.3 Å². The molecule has 0 spiro atoms. The fraction of sp³-hybridized carbons (Fsp3) is 0.346. The molecule has 174 valence electrons. The molecule has 7 N–H and O–H groups in total. The Morgan fingerprint density at radius 3 is 2.36 bits per heavy atom. The fourth-order valence-corrected chi connectivity index (χ4v) is 3.84. The molecule has 2 aromatic carbocycles. The lowest BCUT2D eigenvalue weighted by Gasteiger charge is -2.22. The molecule has 3 aromatic rings. The zero-order valence-corrected chi connectivity index (χ0v) is 18.8. The van der Waals surface area contributed by atoms with E-state index in [1.165, 1.54) is 0 Å². The Morgan fingerprint density at radius 1 is 0.939 bits per heavy atom. The molecule has 0 saturated heterocycles. The number of carbonyl (C=O) groups excluding carboxylic acids is 2. The first kappa shape index (κ1) is 24.5. The van der Waals surface area contributed by atoms with Gasteiger partial charge in [0.1, 0.15) is 0 Å². The highest BCUT2D eigenvalue weighted by atomic mass is 16.2. The number of fused-ring (bicyclic) bond motifs is 1. The lowest BCUT2D eigenvalue weighted by atomic mass is 9.96. The Balaban J connectivity index is 1.71. The van der Waals surface area contributed by atoms with Crippen molar-refractivity contribution in [2.75, 3.05) is 13.1 Å². The molecule has 3 rings (SSSR count). The van der Waals surface area contributed by atoms with Crippen molar-refractivity contribution in [1.29, 1.82) is 0 Å². The molecular weight excluding hydrogens is 414 g/mol. The SMILES string of the molecule is NCC(CN)C[C@H](N)C(=O)N[C@H](CCc1ccccc1)C(=O)Cc1cnc2ccccc2c1. The van der Waals surface area contributed by atoms with Gasteiger partial charge in [0.2, 0.25) is 5.91 Å². The van der Waals surface area contributed by atoms with E-state index in [0.29, 0.717) is 32.4 Å². The number of aromatic nitrogens is 1. The Morgan fingerprint density at radius 2 is 1.64 bits per heavy atom. The average molecular weight is 448 g/mol. The molecule has 33 heavy (non-hydrogen) atoms. The molecule has 2 atom stereocenters. The van der Waals surface area contributed by atoms with E-state index in [1.54, 1.807) is 6.20 Å². The van der Waals surface area contributed by atoms with Crippen LogP contribution < -0.4 is 22.5 Å². The lowest BCUT2D eigenvalue weighted by molar-refractivity contribution is -0.128. The molecule has 0 saturated carbocycles. The van der Waals surface area contributed by atoms with Crippen molar-refractivity contribution in [3.05, 3.63) is 78.0 Å². The molecule has 0 aliphatic carbocycles.